The molecule has 0 saturated carbocycles. The molecule has 0 bridgehead atoms. The Morgan fingerprint density at radius 1 is 1.14 bits per heavy atom. The van der Waals surface area contributed by atoms with Crippen molar-refractivity contribution < 1.29 is 14.6 Å². The highest BCUT2D eigenvalue weighted by Gasteiger charge is 2.27. The first-order valence-corrected chi connectivity index (χ1v) is 10.4. The van der Waals surface area contributed by atoms with Gasteiger partial charge in [-0.15, -0.1) is 24.0 Å². The highest BCUT2D eigenvalue weighted by Crippen LogP contribution is 2.34. The van der Waals surface area contributed by atoms with Crippen molar-refractivity contribution in [2.24, 2.45) is 10.4 Å². The van der Waals surface area contributed by atoms with Gasteiger partial charge >= 0.3 is 0 Å². The van der Waals surface area contributed by atoms with Crippen molar-refractivity contribution in [2.75, 3.05) is 40.5 Å². The van der Waals surface area contributed by atoms with Gasteiger partial charge in [-0.2, -0.15) is 0 Å². The van der Waals surface area contributed by atoms with E-state index in [9.17, 15) is 5.11 Å². The van der Waals surface area contributed by atoms with Crippen molar-refractivity contribution in [3.63, 3.8) is 0 Å². The molecule has 1 aliphatic rings. The first-order valence-electron chi connectivity index (χ1n) is 10.4. The largest absolute Gasteiger partial charge is 0.493 e. The highest BCUT2D eigenvalue weighted by molar-refractivity contribution is 14.0. The van der Waals surface area contributed by atoms with Gasteiger partial charge in [-0.05, 0) is 61.3 Å². The van der Waals surface area contributed by atoms with E-state index in [1.165, 1.54) is 11.1 Å². The second-order valence-corrected chi connectivity index (χ2v) is 7.50. The normalized spacial score (nSPS) is 14.1. The lowest BCUT2D eigenvalue weighted by atomic mass is 9.79. The fourth-order valence-electron chi connectivity index (χ4n) is 3.88. The number of hydrogen-bond donors (Lipinski definition) is 2. The summed E-state index contributed by atoms with van der Waals surface area (Å²) in [6, 6.07) is 4.17. The van der Waals surface area contributed by atoms with Gasteiger partial charge in [0.05, 0.1) is 14.2 Å². The molecule has 0 aromatic heterocycles. The average molecular weight is 519 g/mol. The second kappa shape index (κ2) is 12.5. The zero-order chi connectivity index (χ0) is 20.6. The van der Waals surface area contributed by atoms with Crippen LogP contribution in [-0.2, 0) is 13.0 Å². The molecule has 0 radical (unpaired) electrons. The number of nitrogens with zero attached hydrogens (tertiary/aromatic N) is 2. The number of guanidine groups is 1. The molecule has 0 unspecified atom stereocenters. The summed E-state index contributed by atoms with van der Waals surface area (Å²) in [5.74, 6) is 2.51. The summed E-state index contributed by atoms with van der Waals surface area (Å²) in [5.41, 5.74) is 2.63. The first-order chi connectivity index (χ1) is 13.6. The van der Waals surface area contributed by atoms with Crippen molar-refractivity contribution >= 4 is 29.9 Å². The van der Waals surface area contributed by atoms with Gasteiger partial charge in [-0.1, -0.05) is 13.8 Å². The van der Waals surface area contributed by atoms with E-state index in [4.69, 9.17) is 14.5 Å². The summed E-state index contributed by atoms with van der Waals surface area (Å²) >= 11 is 0. The number of hydrogen-bond acceptors (Lipinski definition) is 4. The van der Waals surface area contributed by atoms with Gasteiger partial charge in [0.15, 0.2) is 17.5 Å². The van der Waals surface area contributed by atoms with E-state index in [1.807, 2.05) is 0 Å². The lowest BCUT2D eigenvalue weighted by molar-refractivity contribution is 0.175. The fraction of sp³-hybridized carbons (Fsp3) is 0.682. The number of methoxy groups -OCH3 is 2. The number of fused-ring (bicyclic) bond motifs is 1. The van der Waals surface area contributed by atoms with Crippen LogP contribution in [0.25, 0.3) is 0 Å². The Labute approximate surface area is 193 Å². The Morgan fingerprint density at radius 2 is 1.76 bits per heavy atom. The topological polar surface area (TPSA) is 66.3 Å². The number of halogens is 1. The second-order valence-electron chi connectivity index (χ2n) is 7.50. The Balaban J connectivity index is 0.00000420. The van der Waals surface area contributed by atoms with E-state index in [2.05, 4.69) is 43.1 Å². The van der Waals surface area contributed by atoms with Crippen molar-refractivity contribution in [3.05, 3.63) is 23.3 Å². The van der Waals surface area contributed by atoms with Crippen LogP contribution >= 0.6 is 24.0 Å². The highest BCUT2D eigenvalue weighted by atomic mass is 127. The monoisotopic (exact) mass is 519 g/mol. The quantitative estimate of drug-likeness (QED) is 0.295. The van der Waals surface area contributed by atoms with Crippen LogP contribution in [0.4, 0.5) is 0 Å². The lowest BCUT2D eigenvalue weighted by Crippen LogP contribution is -2.44. The van der Waals surface area contributed by atoms with Crippen LogP contribution < -0.4 is 14.8 Å². The lowest BCUT2D eigenvalue weighted by Gasteiger charge is -2.34. The minimum atomic E-state index is 0. The number of ether oxygens (including phenoxy) is 2. The molecule has 1 aromatic rings. The van der Waals surface area contributed by atoms with Crippen LogP contribution in [0.3, 0.4) is 0 Å². The Hall–Kier alpha value is -1.22. The van der Waals surface area contributed by atoms with Crippen LogP contribution in [0.15, 0.2) is 17.1 Å². The number of rotatable bonds is 9. The average Bonchev–Trinajstić information content (AvgIpc) is 2.74. The van der Waals surface area contributed by atoms with Crippen molar-refractivity contribution in [3.8, 4) is 11.5 Å². The standard InChI is InChI=1S/C22H37N3O3.HI/c1-6-22(7-2,10-12-26)16-24-21(23-8-3)25-11-9-17-13-19(27-4)20(28-5)14-18(17)15-25;/h13-14,26H,6-12,15-16H2,1-5H3,(H,23,24);1H. The fourth-order valence-corrected chi connectivity index (χ4v) is 3.88. The summed E-state index contributed by atoms with van der Waals surface area (Å²) in [5, 5.41) is 12.9. The molecule has 0 saturated heterocycles. The summed E-state index contributed by atoms with van der Waals surface area (Å²) in [6.45, 7) is 9.98. The van der Waals surface area contributed by atoms with E-state index < -0.39 is 0 Å². The van der Waals surface area contributed by atoms with Crippen LogP contribution in [0, 0.1) is 5.41 Å². The van der Waals surface area contributed by atoms with E-state index in [0.29, 0.717) is 0 Å². The predicted octanol–water partition coefficient (Wildman–Crippen LogP) is 3.83. The molecule has 29 heavy (non-hydrogen) atoms. The summed E-state index contributed by atoms with van der Waals surface area (Å²) in [6.07, 6.45) is 3.78. The molecule has 0 fully saturated rings. The first kappa shape index (κ1) is 25.8. The van der Waals surface area contributed by atoms with Gasteiger partial charge in [0.2, 0.25) is 0 Å². The van der Waals surface area contributed by atoms with Crippen molar-refractivity contribution in [1.29, 1.82) is 0 Å². The molecule has 0 spiro atoms. The Morgan fingerprint density at radius 3 is 2.28 bits per heavy atom. The SMILES string of the molecule is CCNC(=NCC(CC)(CC)CCO)N1CCc2cc(OC)c(OC)cc2C1.I. The Kier molecular flexibility index (Phi) is 11.1. The van der Waals surface area contributed by atoms with Crippen LogP contribution in [-0.4, -0.2) is 56.4 Å². The molecule has 1 aromatic carbocycles. The smallest absolute Gasteiger partial charge is 0.194 e. The predicted molar refractivity (Wildman–Crippen MR) is 130 cm³/mol. The third-order valence-electron chi connectivity index (χ3n) is 6.06. The third kappa shape index (κ3) is 6.38. The number of aliphatic hydroxyl groups is 1. The molecule has 166 valence electrons. The summed E-state index contributed by atoms with van der Waals surface area (Å²) in [4.78, 5) is 7.30. The number of aliphatic hydroxyl groups excluding tert-OH is 1. The molecule has 7 heteroatoms. The summed E-state index contributed by atoms with van der Waals surface area (Å²) < 4.78 is 10.9. The molecule has 1 heterocycles. The molecular weight excluding hydrogens is 481 g/mol. The van der Waals surface area contributed by atoms with Gasteiger partial charge in [0.25, 0.3) is 0 Å². The minimum absolute atomic E-state index is 0. The molecule has 2 rings (SSSR count). The van der Waals surface area contributed by atoms with Crippen LogP contribution in [0.1, 0.15) is 51.2 Å². The van der Waals surface area contributed by atoms with Crippen molar-refractivity contribution in [2.45, 2.75) is 53.0 Å². The van der Waals surface area contributed by atoms with Crippen LogP contribution in [0.5, 0.6) is 11.5 Å². The molecule has 6 nitrogen and oxygen atoms in total. The molecule has 0 atom stereocenters. The molecular formula is C22H38IN3O3. The molecule has 0 amide bonds. The minimum Gasteiger partial charge on any atom is -0.493 e. The van der Waals surface area contributed by atoms with E-state index in [0.717, 1.165) is 69.3 Å². The number of aliphatic imine (C=N–C) groups is 1. The van der Waals surface area contributed by atoms with Crippen molar-refractivity contribution in [1.82, 2.24) is 10.2 Å². The Bertz CT molecular complexity index is 663. The molecule has 2 N–H and O–H groups in total. The van der Waals surface area contributed by atoms with Gasteiger partial charge in [0.1, 0.15) is 0 Å². The molecule has 0 aliphatic carbocycles. The number of nitrogens with one attached hydrogen (secondary N) is 1. The zero-order valence-electron chi connectivity index (χ0n) is 18.6. The van der Waals surface area contributed by atoms with Crippen LogP contribution in [0.2, 0.25) is 0 Å². The summed E-state index contributed by atoms with van der Waals surface area (Å²) in [7, 11) is 3.35. The van der Waals surface area contributed by atoms with E-state index >= 15 is 0 Å². The van der Waals surface area contributed by atoms with E-state index in [1.54, 1.807) is 14.2 Å². The van der Waals surface area contributed by atoms with Gasteiger partial charge in [-0.3, -0.25) is 4.99 Å². The van der Waals surface area contributed by atoms with Gasteiger partial charge in [-0.25, -0.2) is 0 Å². The maximum atomic E-state index is 9.49. The maximum Gasteiger partial charge on any atom is 0.194 e. The molecule has 1 aliphatic heterocycles. The number of benzene rings is 1. The van der Waals surface area contributed by atoms with Gasteiger partial charge in [0, 0.05) is 32.8 Å². The third-order valence-corrected chi connectivity index (χ3v) is 6.06. The maximum absolute atomic E-state index is 9.49. The zero-order valence-corrected chi connectivity index (χ0v) is 20.9. The van der Waals surface area contributed by atoms with E-state index in [-0.39, 0.29) is 36.0 Å². The van der Waals surface area contributed by atoms with Gasteiger partial charge < -0.3 is 24.8 Å².